The predicted octanol–water partition coefficient (Wildman–Crippen LogP) is 3.37. The first-order valence-electron chi connectivity index (χ1n) is 6.64. The van der Waals surface area contributed by atoms with Crippen molar-refractivity contribution in [2.24, 2.45) is 0 Å². The largest absolute Gasteiger partial charge is 0.368 e. The Morgan fingerprint density at radius 2 is 1.80 bits per heavy atom. The second kappa shape index (κ2) is 5.21. The second-order valence-electron chi connectivity index (χ2n) is 4.74. The molecule has 100 valence electrons. The van der Waals surface area contributed by atoms with Crippen LogP contribution in [0, 0.1) is 0 Å². The number of nitrogens with one attached hydrogen (secondary N) is 1. The molecule has 1 aliphatic rings. The zero-order chi connectivity index (χ0) is 13.9. The van der Waals surface area contributed by atoms with E-state index in [0.717, 1.165) is 16.9 Å². The van der Waals surface area contributed by atoms with Crippen LogP contribution in [-0.4, -0.2) is 12.5 Å². The third kappa shape index (κ3) is 2.07. The maximum atomic E-state index is 12.7. The molecule has 0 spiro atoms. The van der Waals surface area contributed by atoms with Crippen molar-refractivity contribution < 1.29 is 4.79 Å². The number of amides is 1. The van der Waals surface area contributed by atoms with Gasteiger partial charge in [0.05, 0.1) is 11.4 Å². The van der Waals surface area contributed by atoms with E-state index in [2.05, 4.69) is 11.9 Å². The lowest BCUT2D eigenvalue weighted by Gasteiger charge is -2.35. The van der Waals surface area contributed by atoms with Gasteiger partial charge in [0.25, 0.3) is 5.91 Å². The third-order valence-electron chi connectivity index (χ3n) is 3.45. The van der Waals surface area contributed by atoms with Gasteiger partial charge in [-0.2, -0.15) is 0 Å². The quantitative estimate of drug-likeness (QED) is 0.862. The Bertz CT molecular complexity index is 636. The molecule has 1 heterocycles. The summed E-state index contributed by atoms with van der Waals surface area (Å²) < 4.78 is 0. The van der Waals surface area contributed by atoms with Gasteiger partial charge in [-0.05, 0) is 17.7 Å². The second-order valence-corrected chi connectivity index (χ2v) is 4.74. The summed E-state index contributed by atoms with van der Waals surface area (Å²) in [6.45, 7) is 4.26. The van der Waals surface area contributed by atoms with Crippen LogP contribution < -0.4 is 10.2 Å². The monoisotopic (exact) mass is 264 g/mol. The van der Waals surface area contributed by atoms with Crippen LogP contribution in [-0.2, 0) is 4.79 Å². The minimum absolute atomic E-state index is 0.0507. The molecule has 0 saturated carbocycles. The van der Waals surface area contributed by atoms with E-state index in [0.29, 0.717) is 6.54 Å². The van der Waals surface area contributed by atoms with E-state index in [1.807, 2.05) is 54.6 Å². The Morgan fingerprint density at radius 3 is 2.55 bits per heavy atom. The number of hydrogen-bond acceptors (Lipinski definition) is 2. The Hall–Kier alpha value is -2.55. The van der Waals surface area contributed by atoms with Gasteiger partial charge in [0.2, 0.25) is 0 Å². The Balaban J connectivity index is 2.04. The molecule has 1 atom stereocenters. The SMILES string of the molecule is C=CCN1C(=O)C(c2ccccc2)Nc2ccccc21. The fraction of sp³-hybridized carbons (Fsp3) is 0.118. The molecule has 0 radical (unpaired) electrons. The third-order valence-corrected chi connectivity index (χ3v) is 3.45. The molecule has 0 aromatic heterocycles. The Morgan fingerprint density at radius 1 is 1.10 bits per heavy atom. The number of nitrogens with zero attached hydrogens (tertiary/aromatic N) is 1. The van der Waals surface area contributed by atoms with E-state index in [1.165, 1.54) is 0 Å². The first-order chi connectivity index (χ1) is 9.81. The van der Waals surface area contributed by atoms with Crippen LogP contribution in [0.3, 0.4) is 0 Å². The summed E-state index contributed by atoms with van der Waals surface area (Å²) in [5.74, 6) is 0.0507. The lowest BCUT2D eigenvalue weighted by molar-refractivity contribution is -0.119. The van der Waals surface area contributed by atoms with Gasteiger partial charge in [-0.3, -0.25) is 4.79 Å². The Kier molecular flexibility index (Phi) is 3.25. The van der Waals surface area contributed by atoms with Gasteiger partial charge in [0.15, 0.2) is 0 Å². The summed E-state index contributed by atoms with van der Waals surface area (Å²) in [6.07, 6.45) is 1.75. The highest BCUT2D eigenvalue weighted by Crippen LogP contribution is 2.36. The molecule has 2 aromatic carbocycles. The molecule has 3 nitrogen and oxygen atoms in total. The van der Waals surface area contributed by atoms with Crippen molar-refractivity contribution in [3.8, 4) is 0 Å². The summed E-state index contributed by atoms with van der Waals surface area (Å²) in [5.41, 5.74) is 2.86. The van der Waals surface area contributed by atoms with Crippen molar-refractivity contribution in [2.45, 2.75) is 6.04 Å². The molecular formula is C17H16N2O. The molecule has 2 aromatic rings. The topological polar surface area (TPSA) is 32.3 Å². The molecule has 1 unspecified atom stereocenters. The summed E-state index contributed by atoms with van der Waals surface area (Å²) in [6, 6.07) is 17.3. The first-order valence-corrected chi connectivity index (χ1v) is 6.64. The minimum atomic E-state index is -0.342. The standard InChI is InChI=1S/C17H16N2O/c1-2-12-19-15-11-7-6-10-14(15)18-16(17(19)20)13-8-4-3-5-9-13/h2-11,16,18H,1,12H2. The normalized spacial score (nSPS) is 17.3. The predicted molar refractivity (Wildman–Crippen MR) is 81.8 cm³/mol. The van der Waals surface area contributed by atoms with Crippen molar-refractivity contribution in [2.75, 3.05) is 16.8 Å². The number of carbonyl (C=O) groups is 1. The van der Waals surface area contributed by atoms with Crippen LogP contribution in [0.1, 0.15) is 11.6 Å². The van der Waals surface area contributed by atoms with E-state index < -0.39 is 0 Å². The van der Waals surface area contributed by atoms with Crippen LogP contribution in [0.15, 0.2) is 67.3 Å². The summed E-state index contributed by atoms with van der Waals surface area (Å²) in [4.78, 5) is 14.5. The fourth-order valence-electron chi connectivity index (χ4n) is 2.51. The summed E-state index contributed by atoms with van der Waals surface area (Å²) in [5, 5.41) is 3.33. The molecule has 20 heavy (non-hydrogen) atoms. The van der Waals surface area contributed by atoms with Crippen LogP contribution in [0.25, 0.3) is 0 Å². The summed E-state index contributed by atoms with van der Waals surface area (Å²) >= 11 is 0. The zero-order valence-electron chi connectivity index (χ0n) is 11.1. The van der Waals surface area contributed by atoms with E-state index in [9.17, 15) is 4.79 Å². The molecule has 0 aliphatic carbocycles. The van der Waals surface area contributed by atoms with Crippen molar-refractivity contribution >= 4 is 17.3 Å². The number of fused-ring (bicyclic) bond motifs is 1. The van der Waals surface area contributed by atoms with Gasteiger partial charge in [-0.1, -0.05) is 48.5 Å². The fourth-order valence-corrected chi connectivity index (χ4v) is 2.51. The van der Waals surface area contributed by atoms with E-state index in [-0.39, 0.29) is 11.9 Å². The molecule has 1 aliphatic heterocycles. The van der Waals surface area contributed by atoms with Crippen molar-refractivity contribution in [3.63, 3.8) is 0 Å². The molecule has 0 fully saturated rings. The van der Waals surface area contributed by atoms with Crippen molar-refractivity contribution in [1.29, 1.82) is 0 Å². The van der Waals surface area contributed by atoms with E-state index in [4.69, 9.17) is 0 Å². The first kappa shape index (κ1) is 12.5. The minimum Gasteiger partial charge on any atom is -0.368 e. The highest BCUT2D eigenvalue weighted by molar-refractivity contribution is 6.05. The average molecular weight is 264 g/mol. The maximum Gasteiger partial charge on any atom is 0.254 e. The number of para-hydroxylation sites is 2. The van der Waals surface area contributed by atoms with Crippen LogP contribution in [0.5, 0.6) is 0 Å². The highest BCUT2D eigenvalue weighted by atomic mass is 16.2. The van der Waals surface area contributed by atoms with Gasteiger partial charge in [0, 0.05) is 6.54 Å². The molecular weight excluding hydrogens is 248 g/mol. The molecule has 0 bridgehead atoms. The molecule has 0 saturated heterocycles. The molecule has 3 heteroatoms. The van der Waals surface area contributed by atoms with E-state index in [1.54, 1.807) is 11.0 Å². The van der Waals surface area contributed by atoms with Crippen molar-refractivity contribution in [1.82, 2.24) is 0 Å². The van der Waals surface area contributed by atoms with Crippen LogP contribution in [0.4, 0.5) is 11.4 Å². The number of hydrogen-bond donors (Lipinski definition) is 1. The van der Waals surface area contributed by atoms with E-state index >= 15 is 0 Å². The molecule has 1 N–H and O–H groups in total. The highest BCUT2D eigenvalue weighted by Gasteiger charge is 2.32. The number of carbonyl (C=O) groups excluding carboxylic acids is 1. The number of rotatable bonds is 3. The molecule has 1 amide bonds. The molecule has 3 rings (SSSR count). The van der Waals surface area contributed by atoms with Gasteiger partial charge in [0.1, 0.15) is 6.04 Å². The summed E-state index contributed by atoms with van der Waals surface area (Å²) in [7, 11) is 0. The number of benzene rings is 2. The van der Waals surface area contributed by atoms with Gasteiger partial charge < -0.3 is 10.2 Å². The lowest BCUT2D eigenvalue weighted by atomic mass is 10.0. The maximum absolute atomic E-state index is 12.7. The van der Waals surface area contributed by atoms with Crippen molar-refractivity contribution in [3.05, 3.63) is 72.8 Å². The van der Waals surface area contributed by atoms with Crippen LogP contribution in [0.2, 0.25) is 0 Å². The van der Waals surface area contributed by atoms with Gasteiger partial charge in [-0.25, -0.2) is 0 Å². The van der Waals surface area contributed by atoms with Gasteiger partial charge in [-0.15, -0.1) is 6.58 Å². The number of anilines is 2. The van der Waals surface area contributed by atoms with Crippen LogP contribution >= 0.6 is 0 Å². The lowest BCUT2D eigenvalue weighted by Crippen LogP contribution is -2.42. The average Bonchev–Trinajstić information content (AvgIpc) is 2.51. The zero-order valence-corrected chi connectivity index (χ0v) is 11.1. The smallest absolute Gasteiger partial charge is 0.254 e. The Labute approximate surface area is 118 Å². The van der Waals surface area contributed by atoms with Gasteiger partial charge >= 0.3 is 0 Å².